The van der Waals surface area contributed by atoms with Gasteiger partial charge < -0.3 is 4.74 Å². The molecule has 6 heteroatoms. The minimum atomic E-state index is -0.859. The molecule has 5 nitrogen and oxygen atoms in total. The van der Waals surface area contributed by atoms with Gasteiger partial charge in [-0.3, -0.25) is 10.1 Å². The Balaban J connectivity index is 2.65. The maximum Gasteiger partial charge on any atom is 0.345 e. The first kappa shape index (κ1) is 15.1. The van der Waals surface area contributed by atoms with Gasteiger partial charge in [0, 0.05) is 6.07 Å². The predicted octanol–water partition coefficient (Wildman–Crippen LogP) is 3.47. The van der Waals surface area contributed by atoms with Gasteiger partial charge in [0.05, 0.1) is 11.5 Å². The summed E-state index contributed by atoms with van der Waals surface area (Å²) in [5.41, 5.74) is -0.791. The highest BCUT2D eigenvalue weighted by molar-refractivity contribution is 5.93. The molecule has 0 N–H and O–H groups in total. The molecular weight excluding hydrogens is 253 g/mol. The summed E-state index contributed by atoms with van der Waals surface area (Å²) >= 11 is 0. The Morgan fingerprint density at radius 2 is 2.11 bits per heavy atom. The molecule has 0 heterocycles. The summed E-state index contributed by atoms with van der Waals surface area (Å²) in [5.74, 6) is -1.56. The number of hydrogen-bond donors (Lipinski definition) is 0. The lowest BCUT2D eigenvalue weighted by atomic mass is 10.2. The predicted molar refractivity (Wildman–Crippen MR) is 67.5 cm³/mol. The minimum Gasteiger partial charge on any atom is -0.462 e. The van der Waals surface area contributed by atoms with Crippen molar-refractivity contribution < 1.29 is 18.8 Å². The number of carbonyl (C=O) groups excluding carboxylic acids is 1. The Hall–Kier alpha value is -1.98. The highest BCUT2D eigenvalue weighted by Crippen LogP contribution is 2.20. The van der Waals surface area contributed by atoms with Gasteiger partial charge in [0.1, 0.15) is 11.4 Å². The van der Waals surface area contributed by atoms with Crippen LogP contribution in [0.25, 0.3) is 0 Å². The zero-order valence-corrected chi connectivity index (χ0v) is 10.7. The second-order valence-corrected chi connectivity index (χ2v) is 4.12. The number of rotatable bonds is 7. The van der Waals surface area contributed by atoms with Gasteiger partial charge >= 0.3 is 5.97 Å². The number of nitrogens with zero attached hydrogens (tertiary/aromatic N) is 1. The van der Waals surface area contributed by atoms with Gasteiger partial charge in [-0.25, -0.2) is 9.18 Å². The lowest BCUT2D eigenvalue weighted by Gasteiger charge is -2.05. The van der Waals surface area contributed by atoms with Gasteiger partial charge in [-0.2, -0.15) is 0 Å². The van der Waals surface area contributed by atoms with Gasteiger partial charge in [-0.15, -0.1) is 0 Å². The molecule has 104 valence electrons. The highest BCUT2D eigenvalue weighted by Gasteiger charge is 2.21. The van der Waals surface area contributed by atoms with E-state index in [1.807, 2.05) is 0 Å². The van der Waals surface area contributed by atoms with E-state index in [0.717, 1.165) is 37.5 Å². The first-order chi connectivity index (χ1) is 9.06. The average Bonchev–Trinajstić information content (AvgIpc) is 2.37. The maximum atomic E-state index is 13.0. The molecule has 0 amide bonds. The first-order valence-corrected chi connectivity index (χ1v) is 6.17. The first-order valence-electron chi connectivity index (χ1n) is 6.17. The maximum absolute atomic E-state index is 13.0. The summed E-state index contributed by atoms with van der Waals surface area (Å²) in [7, 11) is 0. The number of halogens is 1. The summed E-state index contributed by atoms with van der Waals surface area (Å²) < 4.78 is 17.9. The van der Waals surface area contributed by atoms with Crippen LogP contribution in [0.2, 0.25) is 0 Å². The number of carbonyl (C=O) groups is 1. The van der Waals surface area contributed by atoms with Crippen LogP contribution in [-0.2, 0) is 4.74 Å². The van der Waals surface area contributed by atoms with E-state index in [1.54, 1.807) is 0 Å². The van der Waals surface area contributed by atoms with Crippen molar-refractivity contribution >= 4 is 11.7 Å². The molecule has 1 aromatic rings. The number of nitro benzene ring substituents is 1. The van der Waals surface area contributed by atoms with Crippen LogP contribution in [0.3, 0.4) is 0 Å². The molecule has 0 spiro atoms. The van der Waals surface area contributed by atoms with Crippen molar-refractivity contribution in [2.24, 2.45) is 0 Å². The summed E-state index contributed by atoms with van der Waals surface area (Å²) in [6, 6.07) is 2.73. The minimum absolute atomic E-state index is 0.187. The highest BCUT2D eigenvalue weighted by atomic mass is 19.1. The Bertz CT molecular complexity index is 462. The number of esters is 1. The quantitative estimate of drug-likeness (QED) is 0.329. The lowest BCUT2D eigenvalue weighted by Crippen LogP contribution is -2.09. The zero-order chi connectivity index (χ0) is 14.3. The third-order valence-electron chi connectivity index (χ3n) is 2.61. The van der Waals surface area contributed by atoms with E-state index in [-0.39, 0.29) is 12.2 Å². The fraction of sp³-hybridized carbons (Fsp3) is 0.462. The van der Waals surface area contributed by atoms with Crippen LogP contribution < -0.4 is 0 Å². The van der Waals surface area contributed by atoms with Crippen molar-refractivity contribution in [3.63, 3.8) is 0 Å². The van der Waals surface area contributed by atoms with E-state index >= 15 is 0 Å². The number of ether oxygens (including phenoxy) is 1. The largest absolute Gasteiger partial charge is 0.462 e. The Morgan fingerprint density at radius 3 is 2.74 bits per heavy atom. The molecular formula is C13H16FNO4. The summed E-state index contributed by atoms with van der Waals surface area (Å²) in [6.07, 6.45) is 3.72. The van der Waals surface area contributed by atoms with Gasteiger partial charge in [-0.1, -0.05) is 26.2 Å². The van der Waals surface area contributed by atoms with E-state index < -0.39 is 22.4 Å². The lowest BCUT2D eigenvalue weighted by molar-refractivity contribution is -0.385. The Morgan fingerprint density at radius 1 is 1.37 bits per heavy atom. The van der Waals surface area contributed by atoms with Crippen molar-refractivity contribution in [1.82, 2.24) is 0 Å². The molecule has 0 saturated heterocycles. The normalized spacial score (nSPS) is 10.2. The molecule has 1 aromatic carbocycles. The summed E-state index contributed by atoms with van der Waals surface area (Å²) in [4.78, 5) is 21.7. The molecule has 0 aliphatic carbocycles. The Labute approximate surface area is 110 Å². The molecule has 1 rings (SSSR count). The molecule has 0 fully saturated rings. The molecule has 0 saturated carbocycles. The smallest absolute Gasteiger partial charge is 0.345 e. The van der Waals surface area contributed by atoms with Crippen LogP contribution in [0, 0.1) is 15.9 Å². The SMILES string of the molecule is CCCCCCOC(=O)c1cc(F)ccc1[N+](=O)[O-]. The zero-order valence-electron chi connectivity index (χ0n) is 10.7. The van der Waals surface area contributed by atoms with E-state index in [2.05, 4.69) is 6.92 Å². The second kappa shape index (κ2) is 7.45. The van der Waals surface area contributed by atoms with Crippen molar-refractivity contribution in [3.8, 4) is 0 Å². The number of unbranched alkanes of at least 4 members (excludes halogenated alkanes) is 3. The molecule has 0 atom stereocenters. The fourth-order valence-corrected chi connectivity index (χ4v) is 1.60. The summed E-state index contributed by atoms with van der Waals surface area (Å²) in [5, 5.41) is 10.7. The molecule has 19 heavy (non-hydrogen) atoms. The van der Waals surface area contributed by atoms with E-state index in [4.69, 9.17) is 4.74 Å². The van der Waals surface area contributed by atoms with Crippen molar-refractivity contribution in [3.05, 3.63) is 39.7 Å². The van der Waals surface area contributed by atoms with Gasteiger partial charge in [0.2, 0.25) is 0 Å². The molecule has 0 bridgehead atoms. The number of benzene rings is 1. The van der Waals surface area contributed by atoms with Crippen LogP contribution in [0.1, 0.15) is 43.0 Å². The second-order valence-electron chi connectivity index (χ2n) is 4.12. The monoisotopic (exact) mass is 269 g/mol. The average molecular weight is 269 g/mol. The van der Waals surface area contributed by atoms with Crippen LogP contribution in [0.5, 0.6) is 0 Å². The van der Waals surface area contributed by atoms with Crippen LogP contribution >= 0.6 is 0 Å². The summed E-state index contributed by atoms with van der Waals surface area (Å²) in [6.45, 7) is 2.24. The topological polar surface area (TPSA) is 69.4 Å². The third kappa shape index (κ3) is 4.65. The van der Waals surface area contributed by atoms with Gasteiger partial charge in [-0.05, 0) is 18.6 Å². The third-order valence-corrected chi connectivity index (χ3v) is 2.61. The standard InChI is InChI=1S/C13H16FNO4/c1-2-3-4-5-8-19-13(16)11-9-10(14)6-7-12(11)15(17)18/h6-7,9H,2-5,8H2,1H3. The fourth-order valence-electron chi connectivity index (χ4n) is 1.60. The molecule has 0 unspecified atom stereocenters. The van der Waals surface area contributed by atoms with Gasteiger partial charge in [0.15, 0.2) is 0 Å². The Kier molecular flexibility index (Phi) is 5.92. The van der Waals surface area contributed by atoms with Crippen LogP contribution in [0.4, 0.5) is 10.1 Å². The van der Waals surface area contributed by atoms with Crippen LogP contribution in [-0.4, -0.2) is 17.5 Å². The van der Waals surface area contributed by atoms with E-state index in [1.165, 1.54) is 0 Å². The number of nitro groups is 1. The van der Waals surface area contributed by atoms with Gasteiger partial charge in [0.25, 0.3) is 5.69 Å². The molecule has 0 aliphatic rings. The van der Waals surface area contributed by atoms with Crippen molar-refractivity contribution in [2.75, 3.05) is 6.61 Å². The van der Waals surface area contributed by atoms with E-state index in [9.17, 15) is 19.3 Å². The van der Waals surface area contributed by atoms with Crippen LogP contribution in [0.15, 0.2) is 18.2 Å². The van der Waals surface area contributed by atoms with E-state index in [0.29, 0.717) is 6.42 Å². The molecule has 0 radical (unpaired) electrons. The molecule has 0 aromatic heterocycles. The molecule has 0 aliphatic heterocycles. The van der Waals surface area contributed by atoms with Crippen molar-refractivity contribution in [1.29, 1.82) is 0 Å². The van der Waals surface area contributed by atoms with Crippen molar-refractivity contribution in [2.45, 2.75) is 32.6 Å². The number of hydrogen-bond acceptors (Lipinski definition) is 4.